The van der Waals surface area contributed by atoms with E-state index < -0.39 is 0 Å². The minimum atomic E-state index is -0.334. The normalized spacial score (nSPS) is 16.8. The molecule has 0 aromatic carbocycles. The average molecular weight is 146 g/mol. The summed E-state index contributed by atoms with van der Waals surface area (Å²) in [4.78, 5) is 0. The van der Waals surface area contributed by atoms with Gasteiger partial charge in [-0.3, -0.25) is 0 Å². The molecule has 1 N–H and O–H groups in total. The number of ether oxygens (including phenoxy) is 1. The molecule has 0 heterocycles. The van der Waals surface area contributed by atoms with E-state index in [1.54, 1.807) is 6.92 Å². The fourth-order valence-electron chi connectivity index (χ4n) is 0.793. The molecule has 0 fully saturated rings. The first kappa shape index (κ1) is 9.92. The van der Waals surface area contributed by atoms with E-state index in [1.807, 2.05) is 6.92 Å². The molecular formula is C8H18O2. The average Bonchev–Trinajstić information content (AvgIpc) is 1.85. The van der Waals surface area contributed by atoms with Crippen LogP contribution in [0, 0.1) is 0 Å². The van der Waals surface area contributed by atoms with Crippen molar-refractivity contribution in [3.05, 3.63) is 0 Å². The van der Waals surface area contributed by atoms with Gasteiger partial charge < -0.3 is 9.84 Å². The first-order valence-electron chi connectivity index (χ1n) is 3.96. The van der Waals surface area contributed by atoms with Gasteiger partial charge in [0.1, 0.15) is 0 Å². The molecule has 2 atom stereocenters. The van der Waals surface area contributed by atoms with Gasteiger partial charge in [-0.15, -0.1) is 0 Å². The largest absolute Gasteiger partial charge is 0.391 e. The highest BCUT2D eigenvalue weighted by Gasteiger charge is 2.01. The Labute approximate surface area is 63.2 Å². The third kappa shape index (κ3) is 6.05. The summed E-state index contributed by atoms with van der Waals surface area (Å²) in [6.45, 7) is 6.36. The molecule has 0 radical (unpaired) electrons. The molecule has 1 unspecified atom stereocenters. The van der Waals surface area contributed by atoms with E-state index in [0.717, 1.165) is 12.8 Å². The van der Waals surface area contributed by atoms with E-state index >= 15 is 0 Å². The van der Waals surface area contributed by atoms with Crippen LogP contribution < -0.4 is 0 Å². The van der Waals surface area contributed by atoms with Gasteiger partial charge in [0, 0.05) is 0 Å². The maximum absolute atomic E-state index is 8.84. The minimum Gasteiger partial charge on any atom is -0.391 e. The fourth-order valence-corrected chi connectivity index (χ4v) is 0.793. The lowest BCUT2D eigenvalue weighted by Crippen LogP contribution is -2.16. The SMILES string of the molecule is CCCC(C)OC[C@@H](C)O. The van der Waals surface area contributed by atoms with E-state index in [1.165, 1.54) is 0 Å². The predicted molar refractivity (Wildman–Crippen MR) is 42.0 cm³/mol. The van der Waals surface area contributed by atoms with Gasteiger partial charge in [-0.25, -0.2) is 0 Å². The topological polar surface area (TPSA) is 29.5 Å². The second kappa shape index (κ2) is 5.69. The highest BCUT2D eigenvalue weighted by Crippen LogP contribution is 2.00. The second-order valence-electron chi connectivity index (χ2n) is 2.78. The molecule has 0 aliphatic carbocycles. The van der Waals surface area contributed by atoms with E-state index in [2.05, 4.69) is 6.92 Å². The van der Waals surface area contributed by atoms with Gasteiger partial charge in [-0.05, 0) is 20.3 Å². The highest BCUT2D eigenvalue weighted by atomic mass is 16.5. The summed E-state index contributed by atoms with van der Waals surface area (Å²) in [6.07, 6.45) is 2.17. The Kier molecular flexibility index (Phi) is 5.64. The van der Waals surface area contributed by atoms with Crippen molar-refractivity contribution in [3.8, 4) is 0 Å². The Morgan fingerprint density at radius 3 is 2.40 bits per heavy atom. The molecule has 0 spiro atoms. The summed E-state index contributed by atoms with van der Waals surface area (Å²) in [5.41, 5.74) is 0. The van der Waals surface area contributed by atoms with Crippen molar-refractivity contribution in [2.24, 2.45) is 0 Å². The Bertz CT molecular complexity index is 71.7. The van der Waals surface area contributed by atoms with Crippen LogP contribution in [-0.2, 0) is 4.74 Å². The van der Waals surface area contributed by atoms with Crippen molar-refractivity contribution >= 4 is 0 Å². The molecule has 0 aliphatic rings. The molecule has 0 saturated heterocycles. The van der Waals surface area contributed by atoms with Crippen LogP contribution in [0.3, 0.4) is 0 Å². The zero-order valence-electron chi connectivity index (χ0n) is 7.13. The van der Waals surface area contributed by atoms with Crippen LogP contribution in [0.5, 0.6) is 0 Å². The summed E-state index contributed by atoms with van der Waals surface area (Å²) < 4.78 is 5.29. The summed E-state index contributed by atoms with van der Waals surface area (Å²) in [7, 11) is 0. The van der Waals surface area contributed by atoms with Crippen molar-refractivity contribution in [2.45, 2.75) is 45.8 Å². The van der Waals surface area contributed by atoms with Crippen molar-refractivity contribution in [1.82, 2.24) is 0 Å². The van der Waals surface area contributed by atoms with Crippen LogP contribution in [0.15, 0.2) is 0 Å². The molecule has 0 aromatic heterocycles. The lowest BCUT2D eigenvalue weighted by molar-refractivity contribution is 0.00196. The molecule has 0 rings (SSSR count). The summed E-state index contributed by atoms with van der Waals surface area (Å²) in [5.74, 6) is 0. The van der Waals surface area contributed by atoms with Gasteiger partial charge in [0.05, 0.1) is 18.8 Å². The summed E-state index contributed by atoms with van der Waals surface area (Å²) in [6, 6.07) is 0. The van der Waals surface area contributed by atoms with Crippen molar-refractivity contribution in [2.75, 3.05) is 6.61 Å². The fraction of sp³-hybridized carbons (Fsp3) is 1.00. The zero-order valence-corrected chi connectivity index (χ0v) is 7.13. The minimum absolute atomic E-state index is 0.291. The number of hydrogen-bond donors (Lipinski definition) is 1. The number of aliphatic hydroxyl groups excluding tert-OH is 1. The molecule has 0 bridgehead atoms. The lowest BCUT2D eigenvalue weighted by atomic mass is 10.2. The highest BCUT2D eigenvalue weighted by molar-refractivity contribution is 4.50. The van der Waals surface area contributed by atoms with Gasteiger partial charge in [0.25, 0.3) is 0 Å². The van der Waals surface area contributed by atoms with Crippen LogP contribution >= 0.6 is 0 Å². The van der Waals surface area contributed by atoms with E-state index in [9.17, 15) is 0 Å². The summed E-state index contributed by atoms with van der Waals surface area (Å²) in [5, 5.41) is 8.84. The summed E-state index contributed by atoms with van der Waals surface area (Å²) >= 11 is 0. The smallest absolute Gasteiger partial charge is 0.0745 e. The molecule has 2 heteroatoms. The molecule has 0 amide bonds. The first-order valence-corrected chi connectivity index (χ1v) is 3.96. The van der Waals surface area contributed by atoms with Gasteiger partial charge in [-0.2, -0.15) is 0 Å². The maximum Gasteiger partial charge on any atom is 0.0745 e. The molecule has 0 aromatic rings. The molecule has 10 heavy (non-hydrogen) atoms. The standard InChI is InChI=1S/C8H18O2/c1-4-5-8(3)10-6-7(2)9/h7-9H,4-6H2,1-3H3/t7-,8?/m1/s1. The third-order valence-corrected chi connectivity index (χ3v) is 1.32. The number of rotatable bonds is 5. The number of hydrogen-bond acceptors (Lipinski definition) is 2. The van der Waals surface area contributed by atoms with Crippen molar-refractivity contribution in [1.29, 1.82) is 0 Å². The Morgan fingerprint density at radius 2 is 2.00 bits per heavy atom. The van der Waals surface area contributed by atoms with Crippen LogP contribution in [-0.4, -0.2) is 23.9 Å². The molecule has 62 valence electrons. The second-order valence-corrected chi connectivity index (χ2v) is 2.78. The first-order chi connectivity index (χ1) is 4.66. The Morgan fingerprint density at radius 1 is 1.40 bits per heavy atom. The monoisotopic (exact) mass is 146 g/mol. The van der Waals surface area contributed by atoms with Crippen molar-refractivity contribution in [3.63, 3.8) is 0 Å². The van der Waals surface area contributed by atoms with E-state index in [4.69, 9.17) is 9.84 Å². The van der Waals surface area contributed by atoms with Gasteiger partial charge in [-0.1, -0.05) is 13.3 Å². The number of aliphatic hydroxyl groups is 1. The predicted octanol–water partition coefficient (Wildman–Crippen LogP) is 1.57. The van der Waals surface area contributed by atoms with E-state index in [-0.39, 0.29) is 6.10 Å². The zero-order chi connectivity index (χ0) is 7.98. The van der Waals surface area contributed by atoms with Crippen LogP contribution in [0.25, 0.3) is 0 Å². The van der Waals surface area contributed by atoms with Crippen LogP contribution in [0.4, 0.5) is 0 Å². The Balaban J connectivity index is 3.12. The quantitative estimate of drug-likeness (QED) is 0.638. The van der Waals surface area contributed by atoms with Crippen LogP contribution in [0.2, 0.25) is 0 Å². The van der Waals surface area contributed by atoms with Gasteiger partial charge >= 0.3 is 0 Å². The molecular weight excluding hydrogens is 128 g/mol. The molecule has 2 nitrogen and oxygen atoms in total. The lowest BCUT2D eigenvalue weighted by Gasteiger charge is -2.12. The Hall–Kier alpha value is -0.0800. The van der Waals surface area contributed by atoms with Crippen molar-refractivity contribution < 1.29 is 9.84 Å². The van der Waals surface area contributed by atoms with Gasteiger partial charge in [0.15, 0.2) is 0 Å². The van der Waals surface area contributed by atoms with E-state index in [0.29, 0.717) is 12.7 Å². The maximum atomic E-state index is 8.84. The van der Waals surface area contributed by atoms with Gasteiger partial charge in [0.2, 0.25) is 0 Å². The molecule has 0 saturated carbocycles. The van der Waals surface area contributed by atoms with Crippen LogP contribution in [0.1, 0.15) is 33.6 Å². The molecule has 0 aliphatic heterocycles. The third-order valence-electron chi connectivity index (χ3n) is 1.32.